The van der Waals surface area contributed by atoms with E-state index in [-0.39, 0.29) is 25.0 Å². The van der Waals surface area contributed by atoms with Crippen LogP contribution in [0.3, 0.4) is 0 Å². The van der Waals surface area contributed by atoms with Gasteiger partial charge >= 0.3 is 12.0 Å². The minimum absolute atomic E-state index is 0.0241. The second-order valence-electron chi connectivity index (χ2n) is 4.66. The molecule has 0 radical (unpaired) electrons. The van der Waals surface area contributed by atoms with E-state index in [1.165, 1.54) is 4.90 Å². The largest absolute Gasteiger partial charge is 0.481 e. The Kier molecular flexibility index (Phi) is 7.34. The van der Waals surface area contributed by atoms with Crippen LogP contribution in [-0.4, -0.2) is 41.6 Å². The molecule has 0 aromatic rings. The standard InChI is InChI=1S/C12H24N2O3/c1-5-9(2)8-10(3)13-12(17)14(4)7-6-11(15)16/h9-10H,5-8H2,1-4H3,(H,13,17)(H,15,16). The van der Waals surface area contributed by atoms with Gasteiger partial charge < -0.3 is 15.3 Å². The van der Waals surface area contributed by atoms with Crippen LogP contribution in [0, 0.1) is 5.92 Å². The molecular weight excluding hydrogens is 220 g/mol. The fourth-order valence-corrected chi connectivity index (χ4v) is 1.52. The van der Waals surface area contributed by atoms with Crippen molar-refractivity contribution in [2.45, 2.75) is 46.1 Å². The maximum Gasteiger partial charge on any atom is 0.317 e. The van der Waals surface area contributed by atoms with Crippen molar-refractivity contribution in [2.75, 3.05) is 13.6 Å². The van der Waals surface area contributed by atoms with E-state index in [0.717, 1.165) is 12.8 Å². The summed E-state index contributed by atoms with van der Waals surface area (Å²) in [5.41, 5.74) is 0. The number of carbonyl (C=O) groups excluding carboxylic acids is 1. The van der Waals surface area contributed by atoms with Crippen molar-refractivity contribution in [2.24, 2.45) is 5.92 Å². The summed E-state index contributed by atoms with van der Waals surface area (Å²) in [6.45, 7) is 6.47. The molecule has 0 fully saturated rings. The Morgan fingerprint density at radius 2 is 1.94 bits per heavy atom. The zero-order chi connectivity index (χ0) is 13.4. The highest BCUT2D eigenvalue weighted by atomic mass is 16.4. The second kappa shape index (κ2) is 7.92. The van der Waals surface area contributed by atoms with Crippen LogP contribution in [-0.2, 0) is 4.79 Å². The van der Waals surface area contributed by atoms with Gasteiger partial charge in [-0.1, -0.05) is 20.3 Å². The molecule has 5 heteroatoms. The molecule has 0 aliphatic carbocycles. The van der Waals surface area contributed by atoms with Crippen molar-refractivity contribution in [1.29, 1.82) is 0 Å². The third-order valence-electron chi connectivity index (χ3n) is 2.83. The molecule has 0 heterocycles. The minimum Gasteiger partial charge on any atom is -0.481 e. The normalized spacial score (nSPS) is 13.9. The summed E-state index contributed by atoms with van der Waals surface area (Å²) in [4.78, 5) is 23.4. The summed E-state index contributed by atoms with van der Waals surface area (Å²) < 4.78 is 0. The molecule has 0 aliphatic heterocycles. The molecule has 0 aromatic heterocycles. The lowest BCUT2D eigenvalue weighted by molar-refractivity contribution is -0.137. The van der Waals surface area contributed by atoms with E-state index in [4.69, 9.17) is 5.11 Å². The van der Waals surface area contributed by atoms with E-state index in [2.05, 4.69) is 19.2 Å². The maximum absolute atomic E-state index is 11.7. The molecule has 100 valence electrons. The lowest BCUT2D eigenvalue weighted by Gasteiger charge is -2.22. The Morgan fingerprint density at radius 1 is 1.35 bits per heavy atom. The third-order valence-corrected chi connectivity index (χ3v) is 2.83. The number of carboxylic acids is 1. The van der Waals surface area contributed by atoms with E-state index >= 15 is 0 Å². The highest BCUT2D eigenvalue weighted by Gasteiger charge is 2.14. The van der Waals surface area contributed by atoms with Crippen molar-refractivity contribution in [1.82, 2.24) is 10.2 Å². The third kappa shape index (κ3) is 7.60. The molecular formula is C12H24N2O3. The summed E-state index contributed by atoms with van der Waals surface area (Å²) in [6, 6.07) is -0.0909. The predicted octanol–water partition coefficient (Wildman–Crippen LogP) is 1.93. The Labute approximate surface area is 103 Å². The summed E-state index contributed by atoms with van der Waals surface area (Å²) in [6.07, 6.45) is 2.01. The first-order valence-electron chi connectivity index (χ1n) is 6.10. The molecule has 0 saturated heterocycles. The highest BCUT2D eigenvalue weighted by Crippen LogP contribution is 2.09. The van der Waals surface area contributed by atoms with Crippen LogP contribution in [0.1, 0.15) is 40.0 Å². The molecule has 2 amide bonds. The first-order chi connectivity index (χ1) is 7.86. The first kappa shape index (κ1) is 15.7. The van der Waals surface area contributed by atoms with Gasteiger partial charge in [0.25, 0.3) is 0 Å². The van der Waals surface area contributed by atoms with Crippen LogP contribution < -0.4 is 5.32 Å². The minimum atomic E-state index is -0.891. The van der Waals surface area contributed by atoms with Crippen LogP contribution in [0.4, 0.5) is 4.79 Å². The number of aliphatic carboxylic acids is 1. The van der Waals surface area contributed by atoms with Crippen molar-refractivity contribution in [3.63, 3.8) is 0 Å². The summed E-state index contributed by atoms with van der Waals surface area (Å²) in [7, 11) is 1.61. The number of hydrogen-bond donors (Lipinski definition) is 2. The van der Waals surface area contributed by atoms with Gasteiger partial charge in [-0.15, -0.1) is 0 Å². The molecule has 2 unspecified atom stereocenters. The maximum atomic E-state index is 11.7. The van der Waals surface area contributed by atoms with E-state index < -0.39 is 5.97 Å². The Balaban J connectivity index is 3.94. The average molecular weight is 244 g/mol. The van der Waals surface area contributed by atoms with Crippen LogP contribution in [0.2, 0.25) is 0 Å². The Bertz CT molecular complexity index is 256. The highest BCUT2D eigenvalue weighted by molar-refractivity contribution is 5.75. The predicted molar refractivity (Wildman–Crippen MR) is 66.9 cm³/mol. The summed E-state index contributed by atoms with van der Waals surface area (Å²) in [5, 5.41) is 11.4. The smallest absolute Gasteiger partial charge is 0.317 e. The van der Waals surface area contributed by atoms with E-state index in [9.17, 15) is 9.59 Å². The second-order valence-corrected chi connectivity index (χ2v) is 4.66. The molecule has 0 bridgehead atoms. The number of hydrogen-bond acceptors (Lipinski definition) is 2. The number of rotatable bonds is 7. The van der Waals surface area contributed by atoms with E-state index in [0.29, 0.717) is 5.92 Å². The number of amides is 2. The Hall–Kier alpha value is -1.26. The summed E-state index contributed by atoms with van der Waals surface area (Å²) in [5.74, 6) is -0.313. The van der Waals surface area contributed by atoms with Crippen LogP contribution in [0.25, 0.3) is 0 Å². The first-order valence-corrected chi connectivity index (χ1v) is 6.10. The van der Waals surface area contributed by atoms with Crippen molar-refractivity contribution < 1.29 is 14.7 Å². The fraction of sp³-hybridized carbons (Fsp3) is 0.833. The molecule has 17 heavy (non-hydrogen) atoms. The Morgan fingerprint density at radius 3 is 2.41 bits per heavy atom. The van der Waals surface area contributed by atoms with Gasteiger partial charge in [-0.25, -0.2) is 4.79 Å². The molecule has 2 N–H and O–H groups in total. The van der Waals surface area contributed by atoms with Gasteiger partial charge in [-0.05, 0) is 19.3 Å². The number of nitrogens with one attached hydrogen (secondary N) is 1. The molecule has 0 aliphatic rings. The molecule has 5 nitrogen and oxygen atoms in total. The van der Waals surface area contributed by atoms with Crippen molar-refractivity contribution >= 4 is 12.0 Å². The topological polar surface area (TPSA) is 69.6 Å². The van der Waals surface area contributed by atoms with E-state index in [1.807, 2.05) is 6.92 Å². The van der Waals surface area contributed by atoms with Gasteiger partial charge in [-0.2, -0.15) is 0 Å². The zero-order valence-corrected chi connectivity index (χ0v) is 11.2. The molecule has 0 aromatic carbocycles. The van der Waals surface area contributed by atoms with Gasteiger partial charge in [0.2, 0.25) is 0 Å². The number of nitrogens with zero attached hydrogens (tertiary/aromatic N) is 1. The quantitative estimate of drug-likeness (QED) is 0.719. The van der Waals surface area contributed by atoms with Gasteiger partial charge in [0.15, 0.2) is 0 Å². The molecule has 0 spiro atoms. The summed E-state index contributed by atoms with van der Waals surface area (Å²) >= 11 is 0. The van der Waals surface area contributed by atoms with E-state index in [1.54, 1.807) is 7.05 Å². The molecule has 0 rings (SSSR count). The number of urea groups is 1. The lowest BCUT2D eigenvalue weighted by Crippen LogP contribution is -2.43. The van der Waals surface area contributed by atoms with Crippen molar-refractivity contribution in [3.8, 4) is 0 Å². The van der Waals surface area contributed by atoms with Crippen LogP contribution >= 0.6 is 0 Å². The van der Waals surface area contributed by atoms with Crippen LogP contribution in [0.15, 0.2) is 0 Å². The number of carbonyl (C=O) groups is 2. The van der Waals surface area contributed by atoms with Crippen molar-refractivity contribution in [3.05, 3.63) is 0 Å². The number of carboxylic acid groups (broad SMARTS) is 1. The van der Waals surface area contributed by atoms with Gasteiger partial charge in [0.05, 0.1) is 6.42 Å². The zero-order valence-electron chi connectivity index (χ0n) is 11.2. The van der Waals surface area contributed by atoms with Gasteiger partial charge in [-0.3, -0.25) is 4.79 Å². The SMILES string of the molecule is CCC(C)CC(C)NC(=O)N(C)CCC(=O)O. The lowest BCUT2D eigenvalue weighted by atomic mass is 10.0. The average Bonchev–Trinajstić information content (AvgIpc) is 2.25. The van der Waals surface area contributed by atoms with Gasteiger partial charge in [0, 0.05) is 19.6 Å². The van der Waals surface area contributed by atoms with Crippen LogP contribution in [0.5, 0.6) is 0 Å². The van der Waals surface area contributed by atoms with Gasteiger partial charge in [0.1, 0.15) is 0 Å². The fourth-order valence-electron chi connectivity index (χ4n) is 1.52. The monoisotopic (exact) mass is 244 g/mol. The molecule has 2 atom stereocenters. The molecule has 0 saturated carbocycles.